The van der Waals surface area contributed by atoms with Gasteiger partial charge in [0.05, 0.1) is 11.1 Å². The van der Waals surface area contributed by atoms with Gasteiger partial charge in [0.25, 0.3) is 0 Å². The molecule has 0 unspecified atom stereocenters. The van der Waals surface area contributed by atoms with Crippen LogP contribution in [-0.2, 0) is 12.4 Å². The molecule has 0 atom stereocenters. The molecule has 2 rings (SSSR count). The Morgan fingerprint density at radius 1 is 0.957 bits per heavy atom. The van der Waals surface area contributed by atoms with Crippen molar-refractivity contribution in [1.29, 1.82) is 0 Å². The molecule has 121 valence electrons. The van der Waals surface area contributed by atoms with E-state index in [-0.39, 0.29) is 11.1 Å². The van der Waals surface area contributed by atoms with Crippen molar-refractivity contribution in [3.8, 4) is 11.1 Å². The number of benzene rings is 2. The summed E-state index contributed by atoms with van der Waals surface area (Å²) in [5.74, 6) is -1.07. The van der Waals surface area contributed by atoms with E-state index in [1.54, 1.807) is 0 Å². The van der Waals surface area contributed by atoms with Gasteiger partial charge in [-0.25, -0.2) is 0 Å². The van der Waals surface area contributed by atoms with E-state index >= 15 is 0 Å². The lowest BCUT2D eigenvalue weighted by Gasteiger charge is -2.17. The molecule has 0 bridgehead atoms. The number of hydrogen-bond donors (Lipinski definition) is 1. The molecule has 2 N–H and O–H groups in total. The van der Waals surface area contributed by atoms with Gasteiger partial charge in [-0.1, -0.05) is 12.1 Å². The fourth-order valence-corrected chi connectivity index (χ4v) is 2.06. The maximum absolute atomic E-state index is 13.1. The summed E-state index contributed by atoms with van der Waals surface area (Å²) in [6.45, 7) is 0. The number of rotatable bonds is 2. The first kappa shape index (κ1) is 16.9. The highest BCUT2D eigenvalue weighted by atomic mass is 19.4. The van der Waals surface area contributed by atoms with Gasteiger partial charge in [-0.15, -0.1) is 0 Å². The number of primary amides is 1. The van der Waals surface area contributed by atoms with E-state index in [9.17, 15) is 31.1 Å². The zero-order chi connectivity index (χ0) is 17.4. The van der Waals surface area contributed by atoms with Gasteiger partial charge in [0.2, 0.25) is 5.91 Å². The number of nitrogens with two attached hydrogens (primary N) is 1. The van der Waals surface area contributed by atoms with Crippen molar-refractivity contribution in [1.82, 2.24) is 0 Å². The average molecular weight is 332 g/mol. The van der Waals surface area contributed by atoms with Gasteiger partial charge in [-0.3, -0.25) is 4.79 Å². The van der Waals surface area contributed by atoms with Crippen molar-refractivity contribution < 1.29 is 31.1 Å². The molecule has 0 aliphatic rings. The van der Waals surface area contributed by atoms with Crippen LogP contribution in [-0.4, -0.2) is 5.91 Å². The summed E-state index contributed by atoms with van der Waals surface area (Å²) in [7, 11) is 0. The van der Waals surface area contributed by atoms with Crippen molar-refractivity contribution in [2.45, 2.75) is 12.4 Å². The van der Waals surface area contributed by atoms with Crippen LogP contribution in [0.25, 0.3) is 11.1 Å². The number of amides is 1. The third-order valence-electron chi connectivity index (χ3n) is 3.07. The highest BCUT2D eigenvalue weighted by Gasteiger charge is 2.37. The highest BCUT2D eigenvalue weighted by molar-refractivity contribution is 6.00. The van der Waals surface area contributed by atoms with E-state index in [4.69, 9.17) is 5.73 Å². The van der Waals surface area contributed by atoms with Crippen LogP contribution in [0, 0.1) is 6.07 Å². The van der Waals surface area contributed by atoms with Crippen LogP contribution in [0.15, 0.2) is 36.4 Å². The fraction of sp³-hybridized carbons (Fsp3) is 0.133. The molecule has 1 radical (unpaired) electrons. The molecule has 0 aliphatic carbocycles. The third kappa shape index (κ3) is 3.46. The van der Waals surface area contributed by atoms with E-state index in [1.165, 1.54) is 6.07 Å². The molecule has 0 heterocycles. The van der Waals surface area contributed by atoms with E-state index in [2.05, 4.69) is 6.07 Å². The molecule has 8 heteroatoms. The predicted octanol–water partition coefficient (Wildman–Crippen LogP) is 4.29. The van der Waals surface area contributed by atoms with Crippen LogP contribution in [0.2, 0.25) is 0 Å². The Hall–Kier alpha value is -2.51. The number of hydrogen-bond acceptors (Lipinski definition) is 1. The largest absolute Gasteiger partial charge is 0.417 e. The Labute approximate surface area is 126 Å². The van der Waals surface area contributed by atoms with E-state index in [0.717, 1.165) is 12.1 Å². The van der Waals surface area contributed by atoms with Crippen molar-refractivity contribution >= 4 is 5.91 Å². The van der Waals surface area contributed by atoms with Gasteiger partial charge in [-0.2, -0.15) is 26.3 Å². The van der Waals surface area contributed by atoms with Crippen molar-refractivity contribution in [3.05, 3.63) is 59.2 Å². The van der Waals surface area contributed by atoms with Crippen LogP contribution in [0.4, 0.5) is 26.3 Å². The Morgan fingerprint density at radius 3 is 2.13 bits per heavy atom. The Kier molecular flexibility index (Phi) is 4.10. The van der Waals surface area contributed by atoms with Crippen LogP contribution in [0.1, 0.15) is 21.5 Å². The van der Waals surface area contributed by atoms with Gasteiger partial charge < -0.3 is 5.73 Å². The summed E-state index contributed by atoms with van der Waals surface area (Å²) in [6, 6.07) is 6.74. The lowest BCUT2D eigenvalue weighted by molar-refractivity contribution is -0.141. The molecule has 0 aromatic heterocycles. The standard InChI is InChI=1S/C15H8F6NO/c16-14(17,18)8-5-6-12(15(19,20)21)11(7-8)9-3-1-2-4-10(9)13(22)23/h1,3-7H,(H2,22,23). The fourth-order valence-electron chi connectivity index (χ4n) is 2.06. The topological polar surface area (TPSA) is 43.1 Å². The molecule has 0 saturated heterocycles. The van der Waals surface area contributed by atoms with Gasteiger partial charge in [-0.05, 0) is 41.5 Å². The van der Waals surface area contributed by atoms with E-state index in [1.807, 2.05) is 0 Å². The quantitative estimate of drug-likeness (QED) is 0.819. The second-order valence-corrected chi connectivity index (χ2v) is 4.59. The average Bonchev–Trinajstić information content (AvgIpc) is 2.44. The summed E-state index contributed by atoms with van der Waals surface area (Å²) in [4.78, 5) is 11.3. The monoisotopic (exact) mass is 332 g/mol. The van der Waals surface area contributed by atoms with Crippen molar-refractivity contribution in [2.75, 3.05) is 0 Å². The third-order valence-corrected chi connectivity index (χ3v) is 3.07. The first-order chi connectivity index (χ1) is 10.5. The molecule has 2 aromatic rings. The second kappa shape index (κ2) is 5.60. The molecule has 23 heavy (non-hydrogen) atoms. The smallest absolute Gasteiger partial charge is 0.366 e. The summed E-state index contributed by atoms with van der Waals surface area (Å²) in [5.41, 5.74) is 1.06. The molecule has 2 aromatic carbocycles. The lowest BCUT2D eigenvalue weighted by Crippen LogP contribution is -2.15. The normalized spacial score (nSPS) is 12.3. The summed E-state index contributed by atoms with van der Waals surface area (Å²) in [6.07, 6.45) is -9.72. The van der Waals surface area contributed by atoms with Gasteiger partial charge in [0.15, 0.2) is 0 Å². The zero-order valence-electron chi connectivity index (χ0n) is 11.2. The molecule has 0 spiro atoms. The number of alkyl halides is 6. The first-order valence-corrected chi connectivity index (χ1v) is 6.10. The molecule has 0 fully saturated rings. The minimum absolute atomic E-state index is 0.333. The predicted molar refractivity (Wildman–Crippen MR) is 69.2 cm³/mol. The summed E-state index contributed by atoms with van der Waals surface area (Å²) < 4.78 is 77.6. The van der Waals surface area contributed by atoms with Crippen LogP contribution in [0.5, 0.6) is 0 Å². The maximum atomic E-state index is 13.1. The molecular formula is C15H8F6NO. The highest BCUT2D eigenvalue weighted by Crippen LogP contribution is 2.41. The number of carbonyl (C=O) groups excluding carboxylic acids is 1. The minimum Gasteiger partial charge on any atom is -0.366 e. The van der Waals surface area contributed by atoms with Crippen LogP contribution >= 0.6 is 0 Å². The molecule has 1 amide bonds. The first-order valence-electron chi connectivity index (χ1n) is 6.10. The van der Waals surface area contributed by atoms with Gasteiger partial charge in [0, 0.05) is 5.56 Å². The van der Waals surface area contributed by atoms with E-state index in [0.29, 0.717) is 18.2 Å². The SMILES string of the molecule is NC(=O)c1c[c]ccc1-c1cc(C(F)(F)F)ccc1C(F)(F)F. The van der Waals surface area contributed by atoms with Gasteiger partial charge in [0.1, 0.15) is 0 Å². The Bertz CT molecular complexity index is 748. The molecular weight excluding hydrogens is 324 g/mol. The van der Waals surface area contributed by atoms with Crippen molar-refractivity contribution in [3.63, 3.8) is 0 Å². The number of halogens is 6. The lowest BCUT2D eigenvalue weighted by atomic mass is 9.93. The van der Waals surface area contributed by atoms with Crippen LogP contribution < -0.4 is 5.73 Å². The molecule has 2 nitrogen and oxygen atoms in total. The zero-order valence-corrected chi connectivity index (χ0v) is 11.2. The Morgan fingerprint density at radius 2 is 1.61 bits per heavy atom. The van der Waals surface area contributed by atoms with Crippen LogP contribution in [0.3, 0.4) is 0 Å². The minimum atomic E-state index is -4.89. The molecule has 0 aliphatic heterocycles. The summed E-state index contributed by atoms with van der Waals surface area (Å²) in [5, 5.41) is 0. The summed E-state index contributed by atoms with van der Waals surface area (Å²) >= 11 is 0. The maximum Gasteiger partial charge on any atom is 0.417 e. The van der Waals surface area contributed by atoms with E-state index < -0.39 is 35.0 Å². The molecule has 0 saturated carbocycles. The van der Waals surface area contributed by atoms with Crippen molar-refractivity contribution in [2.24, 2.45) is 5.73 Å². The second-order valence-electron chi connectivity index (χ2n) is 4.59. The Balaban J connectivity index is 2.81. The van der Waals surface area contributed by atoms with Gasteiger partial charge >= 0.3 is 12.4 Å². The number of carbonyl (C=O) groups is 1.